The van der Waals surface area contributed by atoms with Gasteiger partial charge in [-0.1, -0.05) is 30.3 Å². The first-order valence-electron chi connectivity index (χ1n) is 10.9. The standard InChI is InChI=1S/C24H26N4O3.ClH/c29-19(15-27-13-10-18(11-14-27)17-5-2-1-3-6-17)16-31-22-9-8-20-23(26-22)28-12-4-7-21(28)24(30)25-20;/h1-9,12,18-19,29H,10-11,13-16H2,(H,25,30);1H. The van der Waals surface area contributed by atoms with Crippen LogP contribution in [0.15, 0.2) is 65.6 Å². The number of halogens is 1. The maximum absolute atomic E-state index is 12.1. The number of aliphatic hydroxyl groups is 1. The number of nitrogens with zero attached hydrogens (tertiary/aromatic N) is 2. The van der Waals surface area contributed by atoms with Gasteiger partial charge in [0.1, 0.15) is 24.8 Å². The number of hydrogen-bond donors (Lipinski definition) is 3. The number of pyridine rings is 1. The van der Waals surface area contributed by atoms with Gasteiger partial charge in [-0.05, 0) is 29.7 Å². The van der Waals surface area contributed by atoms with Crippen LogP contribution in [0, 0.1) is 0 Å². The first-order chi connectivity index (χ1) is 15.2. The summed E-state index contributed by atoms with van der Waals surface area (Å²) in [7, 11) is 0. The smallest absolute Gasteiger partial charge is 0.272 e. The predicted molar refractivity (Wildman–Crippen MR) is 119 cm³/mol. The Balaban J connectivity index is 0.00000245. The van der Waals surface area contributed by atoms with Gasteiger partial charge in [-0.3, -0.25) is 9.20 Å². The van der Waals surface area contributed by atoms with Crippen molar-refractivity contribution in [1.29, 1.82) is 0 Å². The van der Waals surface area contributed by atoms with E-state index in [-0.39, 0.29) is 24.6 Å². The fourth-order valence-electron chi connectivity index (χ4n) is 4.59. The van der Waals surface area contributed by atoms with E-state index in [2.05, 4.69) is 40.3 Å². The van der Waals surface area contributed by atoms with Crippen molar-refractivity contribution in [2.24, 2.45) is 0 Å². The monoisotopic (exact) mass is 454 g/mol. The number of fused-ring (bicyclic) bond motifs is 3. The Labute approximate surface area is 192 Å². The summed E-state index contributed by atoms with van der Waals surface area (Å²) in [6.07, 6.45) is 3.54. The normalized spacial score (nSPS) is 19.5. The summed E-state index contributed by atoms with van der Waals surface area (Å²) in [5.74, 6) is 1.06. The number of aliphatic hydroxyl groups excluding tert-OH is 1. The zero-order valence-corrected chi connectivity index (χ0v) is 18.5. The molecule has 1 fully saturated rings. The molecule has 0 spiro atoms. The number of rotatable bonds is 6. The van der Waals surface area contributed by atoms with Crippen molar-refractivity contribution < 1.29 is 27.2 Å². The molecule has 1 saturated heterocycles. The zero-order valence-electron chi connectivity index (χ0n) is 17.7. The van der Waals surface area contributed by atoms with Crippen molar-refractivity contribution in [3.8, 4) is 5.88 Å². The molecule has 5 rings (SSSR count). The average molecular weight is 455 g/mol. The number of likely N-dealkylation sites (tertiary alicyclic amines) is 1. The molecule has 1 unspecified atom stereocenters. The summed E-state index contributed by atoms with van der Waals surface area (Å²) < 4.78 is 7.53. The molecular formula is C24H27ClN4O3. The van der Waals surface area contributed by atoms with E-state index in [9.17, 15) is 9.90 Å². The van der Waals surface area contributed by atoms with E-state index in [0.29, 0.717) is 35.0 Å². The highest BCUT2D eigenvalue weighted by atomic mass is 35.5. The van der Waals surface area contributed by atoms with Gasteiger partial charge in [0.25, 0.3) is 5.56 Å². The second-order valence-electron chi connectivity index (χ2n) is 8.34. The maximum Gasteiger partial charge on any atom is 0.272 e. The molecule has 0 saturated carbocycles. The minimum Gasteiger partial charge on any atom is -1.00 e. The van der Waals surface area contributed by atoms with Crippen molar-refractivity contribution in [3.05, 3.63) is 76.7 Å². The Hall–Kier alpha value is -2.87. The number of H-pyrrole nitrogens is 1. The fraction of sp³-hybridized carbons (Fsp3) is 0.333. The molecule has 1 aliphatic heterocycles. The van der Waals surface area contributed by atoms with Crippen LogP contribution in [0.4, 0.5) is 0 Å². The van der Waals surface area contributed by atoms with Crippen LogP contribution in [-0.2, 0) is 0 Å². The minimum absolute atomic E-state index is 0. The third-order valence-electron chi connectivity index (χ3n) is 6.22. The van der Waals surface area contributed by atoms with Crippen LogP contribution in [-0.4, -0.2) is 51.8 Å². The Morgan fingerprint density at radius 1 is 1.12 bits per heavy atom. The average Bonchev–Trinajstić information content (AvgIpc) is 3.30. The van der Waals surface area contributed by atoms with Crippen LogP contribution < -0.4 is 27.6 Å². The summed E-state index contributed by atoms with van der Waals surface area (Å²) in [6, 6.07) is 17.8. The summed E-state index contributed by atoms with van der Waals surface area (Å²) in [4.78, 5) is 20.9. The van der Waals surface area contributed by atoms with Crippen LogP contribution in [0.2, 0.25) is 0 Å². The Morgan fingerprint density at radius 3 is 2.69 bits per heavy atom. The van der Waals surface area contributed by atoms with Crippen molar-refractivity contribution in [1.82, 2.24) is 14.4 Å². The van der Waals surface area contributed by atoms with Gasteiger partial charge in [-0.25, -0.2) is 0 Å². The maximum atomic E-state index is 12.1. The number of aromatic nitrogens is 3. The molecule has 3 aromatic heterocycles. The summed E-state index contributed by atoms with van der Waals surface area (Å²) in [5, 5.41) is 10.5. The molecule has 168 valence electrons. The lowest BCUT2D eigenvalue weighted by Crippen LogP contribution is -3.14. The minimum atomic E-state index is -0.553. The first-order valence-corrected chi connectivity index (χ1v) is 10.9. The van der Waals surface area contributed by atoms with Gasteiger partial charge in [0.05, 0.1) is 18.6 Å². The molecule has 0 bridgehead atoms. The number of aromatic amines is 1. The van der Waals surface area contributed by atoms with E-state index in [0.717, 1.165) is 25.9 Å². The van der Waals surface area contributed by atoms with E-state index < -0.39 is 6.10 Å². The molecule has 7 nitrogen and oxygen atoms in total. The first kappa shape index (κ1) is 22.3. The summed E-state index contributed by atoms with van der Waals surface area (Å²) in [5.41, 5.74) is 3.08. The summed E-state index contributed by atoms with van der Waals surface area (Å²) in [6.45, 7) is 2.99. The Bertz CT molecular complexity index is 1230. The van der Waals surface area contributed by atoms with Gasteiger partial charge in [-0.2, -0.15) is 4.98 Å². The van der Waals surface area contributed by atoms with Gasteiger partial charge in [0.15, 0.2) is 5.65 Å². The van der Waals surface area contributed by atoms with Crippen molar-refractivity contribution in [3.63, 3.8) is 0 Å². The molecule has 0 aliphatic carbocycles. The molecule has 3 N–H and O–H groups in total. The highest BCUT2D eigenvalue weighted by Gasteiger charge is 2.25. The topological polar surface area (TPSA) is 84.1 Å². The molecular weight excluding hydrogens is 428 g/mol. The molecule has 0 amide bonds. The predicted octanol–water partition coefficient (Wildman–Crippen LogP) is -1.62. The Kier molecular flexibility index (Phi) is 6.79. The second-order valence-corrected chi connectivity index (χ2v) is 8.34. The van der Waals surface area contributed by atoms with Gasteiger partial charge in [0, 0.05) is 25.1 Å². The molecule has 1 atom stereocenters. The summed E-state index contributed by atoms with van der Waals surface area (Å²) >= 11 is 0. The van der Waals surface area contributed by atoms with Crippen LogP contribution in [0.25, 0.3) is 16.7 Å². The fourth-order valence-corrected chi connectivity index (χ4v) is 4.59. The van der Waals surface area contributed by atoms with E-state index >= 15 is 0 Å². The molecule has 4 heterocycles. The van der Waals surface area contributed by atoms with Gasteiger partial charge >= 0.3 is 0 Å². The third kappa shape index (κ3) is 4.65. The van der Waals surface area contributed by atoms with E-state index in [4.69, 9.17) is 4.74 Å². The lowest BCUT2D eigenvalue weighted by Gasteiger charge is -2.30. The highest BCUT2D eigenvalue weighted by Crippen LogP contribution is 2.23. The number of ether oxygens (including phenoxy) is 1. The molecule has 1 aromatic carbocycles. The molecule has 0 radical (unpaired) electrons. The van der Waals surface area contributed by atoms with Gasteiger partial charge in [-0.15, -0.1) is 0 Å². The lowest BCUT2D eigenvalue weighted by molar-refractivity contribution is -0.908. The zero-order chi connectivity index (χ0) is 21.2. The molecule has 4 aromatic rings. The van der Waals surface area contributed by atoms with Crippen LogP contribution in [0.1, 0.15) is 24.3 Å². The lowest BCUT2D eigenvalue weighted by atomic mass is 9.89. The molecule has 8 heteroatoms. The third-order valence-corrected chi connectivity index (χ3v) is 6.22. The number of nitrogens with one attached hydrogen (secondary N) is 2. The highest BCUT2D eigenvalue weighted by molar-refractivity contribution is 5.74. The van der Waals surface area contributed by atoms with Crippen LogP contribution in [0.3, 0.4) is 0 Å². The Morgan fingerprint density at radius 2 is 1.91 bits per heavy atom. The number of piperidine rings is 1. The molecule has 32 heavy (non-hydrogen) atoms. The number of quaternary nitrogens is 1. The van der Waals surface area contributed by atoms with Crippen molar-refractivity contribution >= 4 is 16.7 Å². The van der Waals surface area contributed by atoms with E-state index in [1.165, 1.54) is 10.5 Å². The van der Waals surface area contributed by atoms with Crippen molar-refractivity contribution in [2.45, 2.75) is 24.9 Å². The SMILES string of the molecule is O=c1[nH]c2ccc(OCC(O)C[NH+]3CCC(c4ccccc4)CC3)nc2n2cccc12.[Cl-]. The van der Waals surface area contributed by atoms with Crippen molar-refractivity contribution in [2.75, 3.05) is 26.2 Å². The van der Waals surface area contributed by atoms with E-state index in [1.54, 1.807) is 28.8 Å². The number of hydrogen-bond acceptors (Lipinski definition) is 4. The quantitative estimate of drug-likeness (QED) is 0.327. The van der Waals surface area contributed by atoms with Crippen LogP contribution >= 0.6 is 0 Å². The van der Waals surface area contributed by atoms with Gasteiger partial charge in [0.2, 0.25) is 5.88 Å². The number of benzene rings is 1. The second kappa shape index (κ2) is 9.73. The van der Waals surface area contributed by atoms with Gasteiger partial charge < -0.3 is 32.1 Å². The van der Waals surface area contributed by atoms with E-state index in [1.807, 2.05) is 6.07 Å². The largest absolute Gasteiger partial charge is 1.00 e. The molecule has 1 aliphatic rings. The van der Waals surface area contributed by atoms with Crippen LogP contribution in [0.5, 0.6) is 5.88 Å².